The Morgan fingerprint density at radius 1 is 1.06 bits per heavy atom. The van der Waals surface area contributed by atoms with Crippen LogP contribution in [0.15, 0.2) is 65.2 Å². The number of hydrogen-bond acceptors (Lipinski definition) is 6. The van der Waals surface area contributed by atoms with Crippen LogP contribution in [0.4, 0.5) is 0 Å². The zero-order chi connectivity index (χ0) is 23.6. The number of nitrogens with zero attached hydrogens (tertiary/aromatic N) is 1. The third-order valence-corrected chi connectivity index (χ3v) is 5.35. The van der Waals surface area contributed by atoms with E-state index >= 15 is 0 Å². The van der Waals surface area contributed by atoms with Crippen molar-refractivity contribution in [1.82, 2.24) is 10.3 Å². The third kappa shape index (κ3) is 4.40. The maximum absolute atomic E-state index is 13.1. The molecule has 0 aliphatic heterocycles. The number of aromatic nitrogens is 1. The molecule has 2 N–H and O–H groups in total. The molecular formula is C26H26N2O5. The number of hydrogen-bond donors (Lipinski definition) is 2. The van der Waals surface area contributed by atoms with Crippen molar-refractivity contribution in [2.75, 3.05) is 20.8 Å². The van der Waals surface area contributed by atoms with Crippen LogP contribution in [0.5, 0.6) is 11.5 Å². The Hall–Kier alpha value is -3.84. The average molecular weight is 447 g/mol. The van der Waals surface area contributed by atoms with Crippen LogP contribution in [0.3, 0.4) is 0 Å². The highest BCUT2D eigenvalue weighted by atomic mass is 16.5. The number of carbonyl (C=O) groups excluding carboxylic acids is 1. The number of benzene rings is 2. The van der Waals surface area contributed by atoms with Gasteiger partial charge in [-0.2, -0.15) is 0 Å². The third-order valence-electron chi connectivity index (χ3n) is 5.35. The van der Waals surface area contributed by atoms with Crippen LogP contribution in [0.2, 0.25) is 0 Å². The first-order valence-corrected chi connectivity index (χ1v) is 10.5. The van der Waals surface area contributed by atoms with E-state index < -0.39 is 11.4 Å². The fourth-order valence-electron chi connectivity index (χ4n) is 3.61. The van der Waals surface area contributed by atoms with Crippen molar-refractivity contribution in [2.24, 2.45) is 0 Å². The molecule has 0 fully saturated rings. The van der Waals surface area contributed by atoms with E-state index in [2.05, 4.69) is 10.3 Å². The number of pyridine rings is 1. The van der Waals surface area contributed by atoms with Gasteiger partial charge >= 0.3 is 0 Å². The molecule has 0 radical (unpaired) electrons. The van der Waals surface area contributed by atoms with E-state index in [4.69, 9.17) is 13.9 Å². The topological polar surface area (TPSA) is 93.8 Å². The summed E-state index contributed by atoms with van der Waals surface area (Å²) in [5, 5.41) is 12.4. The SMILES string of the molecule is COc1cc(-c2cc3nccc(-c4ccccc4)c3o2)cc(C(=O)NC(C)(C)CO)c1OC. The van der Waals surface area contributed by atoms with Crippen molar-refractivity contribution in [3.05, 3.63) is 66.4 Å². The minimum absolute atomic E-state index is 0.213. The summed E-state index contributed by atoms with van der Waals surface area (Å²) in [6.07, 6.45) is 1.74. The molecule has 0 atom stereocenters. The van der Waals surface area contributed by atoms with E-state index in [0.29, 0.717) is 33.9 Å². The van der Waals surface area contributed by atoms with Crippen LogP contribution in [-0.2, 0) is 0 Å². The van der Waals surface area contributed by atoms with Gasteiger partial charge in [0.2, 0.25) is 0 Å². The molecule has 7 nitrogen and oxygen atoms in total. The molecular weight excluding hydrogens is 420 g/mol. The van der Waals surface area contributed by atoms with E-state index in [1.54, 1.807) is 32.2 Å². The van der Waals surface area contributed by atoms with E-state index in [1.165, 1.54) is 14.2 Å². The Balaban J connectivity index is 1.85. The van der Waals surface area contributed by atoms with Crippen LogP contribution < -0.4 is 14.8 Å². The zero-order valence-electron chi connectivity index (χ0n) is 19.0. The van der Waals surface area contributed by atoms with Crippen molar-refractivity contribution in [3.8, 4) is 33.9 Å². The minimum atomic E-state index is -0.806. The lowest BCUT2D eigenvalue weighted by atomic mass is 10.0. The summed E-state index contributed by atoms with van der Waals surface area (Å²) >= 11 is 0. The van der Waals surface area contributed by atoms with Gasteiger partial charge in [-0.05, 0) is 37.6 Å². The first kappa shape index (κ1) is 22.4. The minimum Gasteiger partial charge on any atom is -0.493 e. The molecule has 2 aromatic carbocycles. The maximum Gasteiger partial charge on any atom is 0.255 e. The van der Waals surface area contributed by atoms with Gasteiger partial charge in [0.05, 0.1) is 31.9 Å². The molecule has 0 saturated heterocycles. The van der Waals surface area contributed by atoms with Gasteiger partial charge in [-0.1, -0.05) is 30.3 Å². The maximum atomic E-state index is 13.1. The Morgan fingerprint density at radius 3 is 2.48 bits per heavy atom. The number of aliphatic hydroxyl groups excluding tert-OH is 1. The van der Waals surface area contributed by atoms with Gasteiger partial charge < -0.3 is 24.3 Å². The lowest BCUT2D eigenvalue weighted by Crippen LogP contribution is -2.46. The van der Waals surface area contributed by atoms with Crippen molar-refractivity contribution in [1.29, 1.82) is 0 Å². The average Bonchev–Trinajstić information content (AvgIpc) is 3.28. The second kappa shape index (κ2) is 8.96. The molecule has 0 spiro atoms. The summed E-state index contributed by atoms with van der Waals surface area (Å²) in [4.78, 5) is 17.5. The molecule has 1 amide bonds. The number of furan rings is 1. The number of carbonyl (C=O) groups is 1. The quantitative estimate of drug-likeness (QED) is 0.428. The number of fused-ring (bicyclic) bond motifs is 1. The predicted molar refractivity (Wildman–Crippen MR) is 127 cm³/mol. The molecule has 0 aliphatic rings. The molecule has 0 aliphatic carbocycles. The number of aliphatic hydroxyl groups is 1. The molecule has 0 bridgehead atoms. The molecule has 4 rings (SSSR count). The van der Waals surface area contributed by atoms with Crippen LogP contribution in [0.1, 0.15) is 24.2 Å². The van der Waals surface area contributed by atoms with E-state index in [-0.39, 0.29) is 12.2 Å². The van der Waals surface area contributed by atoms with Crippen LogP contribution in [-0.4, -0.2) is 42.4 Å². The summed E-state index contributed by atoms with van der Waals surface area (Å²) in [6.45, 7) is 3.25. The summed E-state index contributed by atoms with van der Waals surface area (Å²) in [7, 11) is 2.98. The fourth-order valence-corrected chi connectivity index (χ4v) is 3.61. The summed E-state index contributed by atoms with van der Waals surface area (Å²) in [5.41, 5.74) is 3.40. The number of methoxy groups -OCH3 is 2. The molecule has 2 aromatic heterocycles. The summed E-state index contributed by atoms with van der Waals surface area (Å²) < 4.78 is 17.2. The van der Waals surface area contributed by atoms with Crippen molar-refractivity contribution in [3.63, 3.8) is 0 Å². The molecule has 170 valence electrons. The van der Waals surface area contributed by atoms with Crippen molar-refractivity contribution >= 4 is 17.0 Å². The Morgan fingerprint density at radius 2 is 1.82 bits per heavy atom. The highest BCUT2D eigenvalue weighted by molar-refractivity contribution is 6.00. The normalized spacial score (nSPS) is 11.4. The van der Waals surface area contributed by atoms with Gasteiger partial charge in [0.15, 0.2) is 17.1 Å². The van der Waals surface area contributed by atoms with Gasteiger partial charge in [-0.15, -0.1) is 0 Å². The van der Waals surface area contributed by atoms with E-state index in [0.717, 1.165) is 11.1 Å². The molecule has 7 heteroatoms. The van der Waals surface area contributed by atoms with Crippen LogP contribution in [0, 0.1) is 0 Å². The first-order valence-electron chi connectivity index (χ1n) is 10.5. The number of rotatable bonds is 7. The molecule has 2 heterocycles. The second-order valence-electron chi connectivity index (χ2n) is 8.30. The second-order valence-corrected chi connectivity index (χ2v) is 8.30. The lowest BCUT2D eigenvalue weighted by Gasteiger charge is -2.24. The van der Waals surface area contributed by atoms with Gasteiger partial charge in [0, 0.05) is 23.4 Å². The van der Waals surface area contributed by atoms with Crippen LogP contribution in [0.25, 0.3) is 33.6 Å². The summed E-state index contributed by atoms with van der Waals surface area (Å²) in [5.74, 6) is 0.827. The molecule has 33 heavy (non-hydrogen) atoms. The lowest BCUT2D eigenvalue weighted by molar-refractivity contribution is 0.0865. The predicted octanol–water partition coefficient (Wildman–Crippen LogP) is 4.68. The van der Waals surface area contributed by atoms with E-state index in [1.807, 2.05) is 42.5 Å². The largest absolute Gasteiger partial charge is 0.493 e. The van der Waals surface area contributed by atoms with Crippen LogP contribution >= 0.6 is 0 Å². The first-order chi connectivity index (χ1) is 15.9. The molecule has 0 unspecified atom stereocenters. The standard InChI is InChI=1S/C26H26N2O5/c1-26(2,15-29)28-25(30)19-12-17(13-22(31-3)24(19)32-4)21-14-20-23(33-21)18(10-11-27-20)16-8-6-5-7-9-16/h5-14,29H,15H2,1-4H3,(H,28,30). The highest BCUT2D eigenvalue weighted by Gasteiger charge is 2.25. The van der Waals surface area contributed by atoms with Gasteiger partial charge in [0.25, 0.3) is 5.91 Å². The summed E-state index contributed by atoms with van der Waals surface area (Å²) in [6, 6.07) is 17.1. The number of nitrogens with one attached hydrogen (secondary N) is 1. The zero-order valence-corrected chi connectivity index (χ0v) is 19.0. The van der Waals surface area contributed by atoms with Crippen molar-refractivity contribution in [2.45, 2.75) is 19.4 Å². The van der Waals surface area contributed by atoms with Crippen molar-refractivity contribution < 1.29 is 23.8 Å². The number of ether oxygens (including phenoxy) is 2. The van der Waals surface area contributed by atoms with Gasteiger partial charge in [-0.3, -0.25) is 9.78 Å². The fraction of sp³-hybridized carbons (Fsp3) is 0.231. The Bertz CT molecular complexity index is 1300. The Labute approximate surface area is 192 Å². The number of amides is 1. The molecule has 0 saturated carbocycles. The van der Waals surface area contributed by atoms with Gasteiger partial charge in [0.1, 0.15) is 11.3 Å². The highest BCUT2D eigenvalue weighted by Crippen LogP contribution is 2.39. The smallest absolute Gasteiger partial charge is 0.255 e. The van der Waals surface area contributed by atoms with Gasteiger partial charge in [-0.25, -0.2) is 0 Å². The van der Waals surface area contributed by atoms with E-state index in [9.17, 15) is 9.90 Å². The molecule has 4 aromatic rings. The monoisotopic (exact) mass is 446 g/mol. The Kier molecular flexibility index (Phi) is 6.07.